The third-order valence-electron chi connectivity index (χ3n) is 4.30. The SMILES string of the molecule is CC1=CC=CCC1n1c(-c2ccccc2O)nc2ncccc21. The summed E-state index contributed by atoms with van der Waals surface area (Å²) in [5.41, 5.74) is 3.69. The van der Waals surface area contributed by atoms with Gasteiger partial charge in [0.05, 0.1) is 17.1 Å². The van der Waals surface area contributed by atoms with Crippen molar-refractivity contribution >= 4 is 11.2 Å². The number of phenols is 1. The molecule has 0 radical (unpaired) electrons. The molecule has 3 aromatic rings. The summed E-state index contributed by atoms with van der Waals surface area (Å²) >= 11 is 0. The number of fused-ring (bicyclic) bond motifs is 1. The molecular formula is C19H17N3O. The number of benzene rings is 1. The zero-order valence-electron chi connectivity index (χ0n) is 12.8. The highest BCUT2D eigenvalue weighted by Crippen LogP contribution is 2.37. The standard InChI is InChI=1S/C19H17N3O/c1-13-7-2-4-9-15(13)22-16-10-6-12-20-18(16)21-19(22)14-8-3-5-11-17(14)23/h2-8,10-12,15,23H,9H2,1H3. The molecule has 0 bridgehead atoms. The van der Waals surface area contributed by atoms with Crippen LogP contribution in [0.5, 0.6) is 5.75 Å². The van der Waals surface area contributed by atoms with Crippen LogP contribution in [0.2, 0.25) is 0 Å². The lowest BCUT2D eigenvalue weighted by Crippen LogP contribution is -2.13. The van der Waals surface area contributed by atoms with Crippen molar-refractivity contribution in [3.05, 3.63) is 66.4 Å². The van der Waals surface area contributed by atoms with Crippen molar-refractivity contribution in [1.29, 1.82) is 0 Å². The van der Waals surface area contributed by atoms with Gasteiger partial charge in [-0.3, -0.25) is 0 Å². The van der Waals surface area contributed by atoms with Crippen LogP contribution in [0.15, 0.2) is 66.4 Å². The Bertz CT molecular complexity index is 937. The van der Waals surface area contributed by atoms with Crippen molar-refractivity contribution in [2.75, 3.05) is 0 Å². The lowest BCUT2D eigenvalue weighted by atomic mass is 9.99. The predicted octanol–water partition coefficient (Wildman–Crippen LogP) is 4.25. The third kappa shape index (κ3) is 2.23. The first-order chi connectivity index (χ1) is 11.3. The molecule has 0 saturated carbocycles. The van der Waals surface area contributed by atoms with Gasteiger partial charge in [-0.2, -0.15) is 0 Å². The fourth-order valence-electron chi connectivity index (χ4n) is 3.13. The van der Waals surface area contributed by atoms with E-state index in [1.807, 2.05) is 30.3 Å². The van der Waals surface area contributed by atoms with Crippen LogP contribution in [0.4, 0.5) is 0 Å². The van der Waals surface area contributed by atoms with Crippen LogP contribution in [0.3, 0.4) is 0 Å². The lowest BCUT2D eigenvalue weighted by Gasteiger charge is -2.23. The Morgan fingerprint density at radius 1 is 1.17 bits per heavy atom. The number of nitrogens with zero attached hydrogens (tertiary/aromatic N) is 3. The summed E-state index contributed by atoms with van der Waals surface area (Å²) in [5.74, 6) is 0.988. The van der Waals surface area contributed by atoms with E-state index in [0.717, 1.165) is 23.3 Å². The topological polar surface area (TPSA) is 50.9 Å². The van der Waals surface area contributed by atoms with E-state index >= 15 is 0 Å². The normalized spacial score (nSPS) is 17.4. The number of phenolic OH excluding ortho intramolecular Hbond substituents is 1. The number of hydrogen-bond donors (Lipinski definition) is 1. The molecule has 1 aliphatic rings. The predicted molar refractivity (Wildman–Crippen MR) is 91.2 cm³/mol. The first kappa shape index (κ1) is 13.8. The van der Waals surface area contributed by atoms with Crippen LogP contribution in [0, 0.1) is 0 Å². The number of allylic oxidation sites excluding steroid dienone is 4. The van der Waals surface area contributed by atoms with Gasteiger partial charge >= 0.3 is 0 Å². The lowest BCUT2D eigenvalue weighted by molar-refractivity contribution is 0.476. The smallest absolute Gasteiger partial charge is 0.178 e. The molecule has 1 aromatic carbocycles. The maximum atomic E-state index is 10.3. The molecule has 0 fully saturated rings. The Kier molecular flexibility index (Phi) is 3.23. The van der Waals surface area contributed by atoms with Crippen LogP contribution < -0.4 is 0 Å². The molecule has 2 heterocycles. The van der Waals surface area contributed by atoms with Gasteiger partial charge in [0.25, 0.3) is 0 Å². The molecule has 1 atom stereocenters. The van der Waals surface area contributed by atoms with E-state index in [0.29, 0.717) is 5.65 Å². The zero-order chi connectivity index (χ0) is 15.8. The molecular weight excluding hydrogens is 286 g/mol. The number of pyridine rings is 1. The molecule has 0 amide bonds. The number of imidazole rings is 1. The minimum absolute atomic E-state index is 0.184. The first-order valence-corrected chi connectivity index (χ1v) is 7.70. The van der Waals surface area contributed by atoms with E-state index in [2.05, 4.69) is 34.7 Å². The Morgan fingerprint density at radius 2 is 2.04 bits per heavy atom. The van der Waals surface area contributed by atoms with Crippen LogP contribution in [-0.4, -0.2) is 19.6 Å². The Hall–Kier alpha value is -2.88. The van der Waals surface area contributed by atoms with Crippen molar-refractivity contribution < 1.29 is 5.11 Å². The highest BCUT2D eigenvalue weighted by Gasteiger charge is 2.23. The molecule has 4 nitrogen and oxygen atoms in total. The molecule has 2 aromatic heterocycles. The fraction of sp³-hybridized carbons (Fsp3) is 0.158. The van der Waals surface area contributed by atoms with Gasteiger partial charge in [0.2, 0.25) is 0 Å². The van der Waals surface area contributed by atoms with Crippen molar-refractivity contribution in [2.24, 2.45) is 0 Å². The van der Waals surface area contributed by atoms with E-state index in [1.54, 1.807) is 12.3 Å². The second kappa shape index (κ2) is 5.39. The van der Waals surface area contributed by atoms with Crippen molar-refractivity contribution in [3.8, 4) is 17.1 Å². The highest BCUT2D eigenvalue weighted by atomic mass is 16.3. The maximum Gasteiger partial charge on any atom is 0.178 e. The molecule has 23 heavy (non-hydrogen) atoms. The fourth-order valence-corrected chi connectivity index (χ4v) is 3.13. The summed E-state index contributed by atoms with van der Waals surface area (Å²) in [6, 6.07) is 11.5. The average Bonchev–Trinajstić information content (AvgIpc) is 2.95. The van der Waals surface area contributed by atoms with E-state index in [4.69, 9.17) is 4.98 Å². The average molecular weight is 303 g/mol. The van der Waals surface area contributed by atoms with Gasteiger partial charge in [-0.1, -0.05) is 35.9 Å². The van der Waals surface area contributed by atoms with Crippen LogP contribution in [-0.2, 0) is 0 Å². The summed E-state index contributed by atoms with van der Waals surface area (Å²) in [7, 11) is 0. The van der Waals surface area contributed by atoms with Crippen molar-refractivity contribution in [1.82, 2.24) is 14.5 Å². The summed E-state index contributed by atoms with van der Waals surface area (Å²) < 4.78 is 2.19. The molecule has 0 aliphatic heterocycles. The van der Waals surface area contributed by atoms with Crippen LogP contribution in [0.25, 0.3) is 22.6 Å². The second-order valence-electron chi connectivity index (χ2n) is 5.76. The van der Waals surface area contributed by atoms with Gasteiger partial charge < -0.3 is 9.67 Å². The van der Waals surface area contributed by atoms with Gasteiger partial charge in [0, 0.05) is 6.20 Å². The van der Waals surface area contributed by atoms with E-state index in [1.165, 1.54) is 5.57 Å². The summed E-state index contributed by atoms with van der Waals surface area (Å²) in [6.07, 6.45) is 9.03. The number of para-hydroxylation sites is 1. The maximum absolute atomic E-state index is 10.3. The molecule has 1 unspecified atom stereocenters. The van der Waals surface area contributed by atoms with E-state index < -0.39 is 0 Å². The van der Waals surface area contributed by atoms with Gasteiger partial charge in [0.15, 0.2) is 5.65 Å². The first-order valence-electron chi connectivity index (χ1n) is 7.70. The quantitative estimate of drug-likeness (QED) is 0.770. The van der Waals surface area contributed by atoms with Crippen LogP contribution in [0.1, 0.15) is 19.4 Å². The minimum Gasteiger partial charge on any atom is -0.507 e. The number of aromatic nitrogens is 3. The van der Waals surface area contributed by atoms with E-state index in [-0.39, 0.29) is 11.8 Å². The summed E-state index contributed by atoms with van der Waals surface area (Å²) in [6.45, 7) is 2.13. The van der Waals surface area contributed by atoms with Gasteiger partial charge in [-0.05, 0) is 37.6 Å². The molecule has 0 spiro atoms. The minimum atomic E-state index is 0.184. The molecule has 4 heteroatoms. The largest absolute Gasteiger partial charge is 0.507 e. The zero-order valence-corrected chi connectivity index (χ0v) is 12.8. The van der Waals surface area contributed by atoms with Crippen molar-refractivity contribution in [3.63, 3.8) is 0 Å². The highest BCUT2D eigenvalue weighted by molar-refractivity contribution is 5.79. The summed E-state index contributed by atoms with van der Waals surface area (Å²) in [4.78, 5) is 9.08. The second-order valence-corrected chi connectivity index (χ2v) is 5.76. The Balaban J connectivity index is 2.01. The Labute approximate surface area is 134 Å². The molecule has 4 rings (SSSR count). The molecule has 114 valence electrons. The number of rotatable bonds is 2. The third-order valence-corrected chi connectivity index (χ3v) is 4.30. The monoisotopic (exact) mass is 303 g/mol. The van der Waals surface area contributed by atoms with Crippen LogP contribution >= 0.6 is 0 Å². The van der Waals surface area contributed by atoms with Gasteiger partial charge in [0.1, 0.15) is 11.6 Å². The Morgan fingerprint density at radius 3 is 2.87 bits per heavy atom. The molecule has 1 N–H and O–H groups in total. The van der Waals surface area contributed by atoms with Gasteiger partial charge in [-0.15, -0.1) is 0 Å². The number of hydrogen-bond acceptors (Lipinski definition) is 3. The number of aromatic hydroxyl groups is 1. The van der Waals surface area contributed by atoms with Gasteiger partial charge in [-0.25, -0.2) is 9.97 Å². The van der Waals surface area contributed by atoms with E-state index in [9.17, 15) is 5.11 Å². The molecule has 0 saturated heterocycles. The summed E-state index contributed by atoms with van der Waals surface area (Å²) in [5, 5.41) is 10.3. The molecule has 1 aliphatic carbocycles. The van der Waals surface area contributed by atoms with Crippen molar-refractivity contribution in [2.45, 2.75) is 19.4 Å².